The molecule has 0 aliphatic heterocycles. The summed E-state index contributed by atoms with van der Waals surface area (Å²) in [6.07, 6.45) is 1.28. The Bertz CT molecular complexity index is 18.9. The number of nitrogens with two attached hydrogens (primary N) is 2. The van der Waals surface area contributed by atoms with Crippen molar-refractivity contribution in [2.75, 3.05) is 0 Å². The van der Waals surface area contributed by atoms with Crippen LogP contribution < -0.4 is 11.5 Å². The van der Waals surface area contributed by atoms with Crippen molar-refractivity contribution in [1.29, 1.82) is 0 Å². The van der Waals surface area contributed by atoms with E-state index in [9.17, 15) is 0 Å². The van der Waals surface area contributed by atoms with Crippen LogP contribution in [0.3, 0.4) is 0 Å². The van der Waals surface area contributed by atoms with Gasteiger partial charge in [0.2, 0.25) is 6.17 Å². The van der Waals surface area contributed by atoms with E-state index in [1.54, 1.807) is 0 Å². The maximum absolute atomic E-state index is 4.99. The fraction of sp³-hybridized carbons (Fsp3) is 0.667. The van der Waals surface area contributed by atoms with Crippen LogP contribution >= 0.6 is 0 Å². The van der Waals surface area contributed by atoms with Gasteiger partial charge < -0.3 is 0 Å². The summed E-state index contributed by atoms with van der Waals surface area (Å²) < 4.78 is 0. The Morgan fingerprint density at radius 1 is 1.60 bits per heavy atom. The molecule has 2 nitrogen and oxygen atoms in total. The molecule has 0 bridgehead atoms. The van der Waals surface area contributed by atoms with Crippen LogP contribution in [0.5, 0.6) is 0 Å². The summed E-state index contributed by atoms with van der Waals surface area (Å²) >= 11 is 0. The molecule has 0 unspecified atom stereocenters. The van der Waals surface area contributed by atoms with E-state index in [2.05, 4.69) is 0 Å². The minimum absolute atomic E-state index is 0.505. The van der Waals surface area contributed by atoms with Gasteiger partial charge in [-0.25, -0.2) is 0 Å². The molecule has 0 aliphatic carbocycles. The van der Waals surface area contributed by atoms with E-state index >= 15 is 0 Å². The molecule has 0 aromatic carbocycles. The lowest BCUT2D eigenvalue weighted by molar-refractivity contribution is 0.858. The van der Waals surface area contributed by atoms with E-state index in [1.807, 2.05) is 6.92 Å². The largest absolute Gasteiger partial charge is 0.247 e. The lowest BCUT2D eigenvalue weighted by Gasteiger charge is -1.76. The Labute approximate surface area is 32.1 Å². The lowest BCUT2D eigenvalue weighted by atomic mass is 10.4. The molecule has 0 aliphatic rings. The van der Waals surface area contributed by atoms with Crippen molar-refractivity contribution in [3.63, 3.8) is 0 Å². The molecule has 0 saturated heterocycles. The van der Waals surface area contributed by atoms with Gasteiger partial charge in [-0.05, 0) is 6.92 Å². The predicted molar refractivity (Wildman–Crippen MR) is 21.9 cm³/mol. The Hall–Kier alpha value is -0.210. The third kappa shape index (κ3) is 3.79. The highest BCUT2D eigenvalue weighted by Crippen LogP contribution is 1.78. The molecule has 5 heavy (non-hydrogen) atoms. The highest BCUT2D eigenvalue weighted by Gasteiger charge is 1.96. The Morgan fingerprint density at radius 2 is 1.80 bits per heavy atom. The zero-order chi connectivity index (χ0) is 4.28. The Balaban J connectivity index is 2.54. The van der Waals surface area contributed by atoms with Gasteiger partial charge in [0, 0.05) is 0 Å². The zero-order valence-corrected chi connectivity index (χ0v) is 3.36. The molecule has 0 heterocycles. The van der Waals surface area contributed by atoms with E-state index in [4.69, 9.17) is 11.5 Å². The van der Waals surface area contributed by atoms with Crippen LogP contribution in [0, 0.1) is 6.17 Å². The number of hydrogen-bond donors (Lipinski definition) is 2. The van der Waals surface area contributed by atoms with Crippen molar-refractivity contribution < 1.29 is 0 Å². The van der Waals surface area contributed by atoms with Gasteiger partial charge in [0.15, 0.2) is 0 Å². The highest BCUT2D eigenvalue weighted by molar-refractivity contribution is 4.67. The van der Waals surface area contributed by atoms with Crippen molar-refractivity contribution in [2.45, 2.75) is 13.3 Å². The zero-order valence-electron chi connectivity index (χ0n) is 3.36. The minimum atomic E-state index is 0.505. The molecular formula is C3H9N2+. The first-order valence-corrected chi connectivity index (χ1v) is 1.64. The van der Waals surface area contributed by atoms with Crippen LogP contribution in [-0.4, -0.2) is 0 Å². The summed E-state index contributed by atoms with van der Waals surface area (Å²) in [6.45, 7) is 1.91. The van der Waals surface area contributed by atoms with E-state index in [0.29, 0.717) is 6.17 Å². The first-order chi connectivity index (χ1) is 2.27. The SMILES string of the molecule is CC[C+](N)N. The van der Waals surface area contributed by atoms with Crippen LogP contribution in [-0.2, 0) is 0 Å². The quantitative estimate of drug-likeness (QED) is 0.422. The van der Waals surface area contributed by atoms with Gasteiger partial charge in [0.05, 0.1) is 0 Å². The van der Waals surface area contributed by atoms with Gasteiger partial charge in [-0.3, -0.25) is 0 Å². The molecule has 0 rings (SSSR count). The molecule has 0 radical (unpaired) electrons. The van der Waals surface area contributed by atoms with Gasteiger partial charge in [0.1, 0.15) is 6.42 Å². The minimum Gasteiger partial charge on any atom is -0.151 e. The molecule has 2 heteroatoms. The summed E-state index contributed by atoms with van der Waals surface area (Å²) in [7, 11) is 0. The van der Waals surface area contributed by atoms with E-state index in [-0.39, 0.29) is 0 Å². The molecule has 0 aromatic heterocycles. The van der Waals surface area contributed by atoms with Crippen molar-refractivity contribution in [3.05, 3.63) is 6.17 Å². The van der Waals surface area contributed by atoms with Gasteiger partial charge in [-0.15, -0.1) is 0 Å². The van der Waals surface area contributed by atoms with E-state index < -0.39 is 0 Å². The van der Waals surface area contributed by atoms with Gasteiger partial charge >= 0.3 is 0 Å². The fourth-order valence-corrected chi connectivity index (χ4v) is 0. The molecule has 0 saturated carbocycles. The van der Waals surface area contributed by atoms with Crippen LogP contribution in [0.2, 0.25) is 0 Å². The molecule has 0 spiro atoms. The highest BCUT2D eigenvalue weighted by atomic mass is 14.8. The average molecular weight is 73.1 g/mol. The van der Waals surface area contributed by atoms with Crippen LogP contribution in [0.15, 0.2) is 0 Å². The number of hydrogen-bond acceptors (Lipinski definition) is 2. The van der Waals surface area contributed by atoms with Crippen LogP contribution in [0.1, 0.15) is 13.3 Å². The molecule has 0 aromatic rings. The molecule has 0 fully saturated rings. The first-order valence-electron chi connectivity index (χ1n) is 1.64. The summed E-state index contributed by atoms with van der Waals surface area (Å²) in [4.78, 5) is 0. The summed E-state index contributed by atoms with van der Waals surface area (Å²) in [6, 6.07) is 0. The van der Waals surface area contributed by atoms with Gasteiger partial charge in [0.25, 0.3) is 0 Å². The maximum Gasteiger partial charge on any atom is 0.247 e. The van der Waals surface area contributed by atoms with Gasteiger partial charge in [-0.1, -0.05) is 0 Å². The lowest BCUT2D eigenvalue weighted by Crippen LogP contribution is -2.18. The predicted octanol–water partition coefficient (Wildman–Crippen LogP) is -0.197. The third-order valence-electron chi connectivity index (χ3n) is 0.408. The van der Waals surface area contributed by atoms with Crippen molar-refractivity contribution >= 4 is 0 Å². The fourth-order valence-electron chi connectivity index (χ4n) is 0. The molecule has 4 N–H and O–H groups in total. The third-order valence-corrected chi connectivity index (χ3v) is 0.408. The average Bonchev–Trinajstić information content (AvgIpc) is 1.38. The first kappa shape index (κ1) is 4.79. The summed E-state index contributed by atoms with van der Waals surface area (Å²) in [5.74, 6) is 0. The summed E-state index contributed by atoms with van der Waals surface area (Å²) in [5.41, 5.74) is 9.97. The van der Waals surface area contributed by atoms with Crippen molar-refractivity contribution in [3.8, 4) is 0 Å². The standard InChI is InChI=1S/C3H8N2/c1-2-3(4)5/h2H2,1H3,(H3,4,5)/p+1. The monoisotopic (exact) mass is 73.1 g/mol. The van der Waals surface area contributed by atoms with E-state index in [1.165, 1.54) is 0 Å². The van der Waals surface area contributed by atoms with Crippen molar-refractivity contribution in [1.82, 2.24) is 0 Å². The molecule has 0 amide bonds. The molecule has 0 atom stereocenters. The molecular weight excluding hydrogens is 64.0 g/mol. The second-order valence-electron chi connectivity index (χ2n) is 0.928. The maximum atomic E-state index is 4.99. The van der Waals surface area contributed by atoms with Gasteiger partial charge in [-0.2, -0.15) is 11.5 Å². The Kier molecular flexibility index (Phi) is 1.97. The second kappa shape index (κ2) is 2.05. The Morgan fingerprint density at radius 3 is 1.80 bits per heavy atom. The van der Waals surface area contributed by atoms with Crippen molar-refractivity contribution in [2.24, 2.45) is 11.5 Å². The molecule has 30 valence electrons. The normalized spacial score (nSPS) is 7.80. The van der Waals surface area contributed by atoms with E-state index in [0.717, 1.165) is 6.42 Å². The number of rotatable bonds is 1. The second-order valence-corrected chi connectivity index (χ2v) is 0.928. The summed E-state index contributed by atoms with van der Waals surface area (Å²) in [5, 5.41) is 0. The van der Waals surface area contributed by atoms with Crippen LogP contribution in [0.4, 0.5) is 0 Å². The smallest absolute Gasteiger partial charge is 0.151 e. The van der Waals surface area contributed by atoms with Crippen LogP contribution in [0.25, 0.3) is 0 Å². The topological polar surface area (TPSA) is 52.0 Å².